The maximum Gasteiger partial charge on any atom is 0.252 e. The zero-order valence-corrected chi connectivity index (χ0v) is 17.0. The summed E-state index contributed by atoms with van der Waals surface area (Å²) in [4.78, 5) is 21.4. The van der Waals surface area contributed by atoms with E-state index in [1.165, 1.54) is 0 Å². The van der Waals surface area contributed by atoms with Crippen LogP contribution in [0.15, 0.2) is 30.3 Å². The quantitative estimate of drug-likeness (QED) is 0.732. The first-order chi connectivity index (χ1) is 13.5. The van der Waals surface area contributed by atoms with Gasteiger partial charge in [-0.1, -0.05) is 12.1 Å². The van der Waals surface area contributed by atoms with Gasteiger partial charge in [0.25, 0.3) is 5.95 Å². The molecule has 1 atom stereocenters. The summed E-state index contributed by atoms with van der Waals surface area (Å²) in [6.45, 7) is 5.79. The second kappa shape index (κ2) is 7.27. The monoisotopic (exact) mass is 395 g/mol. The molecule has 0 spiro atoms. The molecule has 0 radical (unpaired) electrons. The van der Waals surface area contributed by atoms with Gasteiger partial charge in [-0.25, -0.2) is 9.97 Å². The first kappa shape index (κ1) is 18.5. The molecule has 28 heavy (non-hydrogen) atoms. The van der Waals surface area contributed by atoms with Crippen LogP contribution in [0.3, 0.4) is 0 Å². The van der Waals surface area contributed by atoms with Crippen LogP contribution in [0.5, 0.6) is 5.75 Å². The summed E-state index contributed by atoms with van der Waals surface area (Å²) in [6, 6.07) is 9.83. The Bertz CT molecular complexity index is 1030. The maximum atomic E-state index is 12.4. The second-order valence-electron chi connectivity index (χ2n) is 6.72. The highest BCUT2D eigenvalue weighted by Crippen LogP contribution is 2.43. The van der Waals surface area contributed by atoms with E-state index in [1.54, 1.807) is 23.6 Å². The summed E-state index contributed by atoms with van der Waals surface area (Å²) in [6.07, 6.45) is 0. The van der Waals surface area contributed by atoms with Crippen molar-refractivity contribution in [3.8, 4) is 11.7 Å². The van der Waals surface area contributed by atoms with Gasteiger partial charge in [-0.15, -0.1) is 11.8 Å². The van der Waals surface area contributed by atoms with Gasteiger partial charge in [-0.05, 0) is 44.5 Å². The predicted molar refractivity (Wildman–Crippen MR) is 109 cm³/mol. The highest BCUT2D eigenvalue weighted by molar-refractivity contribution is 8.00. The molecule has 0 bridgehead atoms. The molecule has 1 amide bonds. The van der Waals surface area contributed by atoms with Crippen molar-refractivity contribution in [2.75, 3.05) is 18.2 Å². The van der Waals surface area contributed by atoms with Gasteiger partial charge in [0.2, 0.25) is 5.91 Å². The third-order valence-corrected chi connectivity index (χ3v) is 5.86. The minimum absolute atomic E-state index is 0.0282. The lowest BCUT2D eigenvalue weighted by Crippen LogP contribution is -2.17. The fourth-order valence-electron chi connectivity index (χ4n) is 3.37. The molecular weight excluding hydrogens is 374 g/mol. The Morgan fingerprint density at radius 2 is 1.82 bits per heavy atom. The van der Waals surface area contributed by atoms with Crippen LogP contribution in [0, 0.1) is 20.8 Å². The summed E-state index contributed by atoms with van der Waals surface area (Å²) in [5.74, 6) is 2.19. The van der Waals surface area contributed by atoms with E-state index in [9.17, 15) is 4.79 Å². The molecule has 8 heteroatoms. The average Bonchev–Trinajstić information content (AvgIpc) is 2.87. The van der Waals surface area contributed by atoms with Crippen molar-refractivity contribution < 1.29 is 9.53 Å². The number of benzene rings is 1. The number of hydrogen-bond acceptors (Lipinski definition) is 6. The van der Waals surface area contributed by atoms with Gasteiger partial charge in [0.1, 0.15) is 11.6 Å². The Morgan fingerprint density at radius 3 is 2.46 bits per heavy atom. The zero-order chi connectivity index (χ0) is 19.8. The van der Waals surface area contributed by atoms with Crippen molar-refractivity contribution in [1.29, 1.82) is 0 Å². The Kier molecular flexibility index (Phi) is 4.80. The third kappa shape index (κ3) is 3.35. The first-order valence-electron chi connectivity index (χ1n) is 8.94. The Hall–Kier alpha value is -2.87. The van der Waals surface area contributed by atoms with Crippen LogP contribution in [0.4, 0.5) is 5.82 Å². The summed E-state index contributed by atoms with van der Waals surface area (Å²) < 4.78 is 6.91. The molecule has 1 N–H and O–H groups in total. The Morgan fingerprint density at radius 1 is 1.14 bits per heavy atom. The molecule has 1 aromatic carbocycles. The van der Waals surface area contributed by atoms with Crippen molar-refractivity contribution in [2.24, 2.45) is 0 Å². The van der Waals surface area contributed by atoms with E-state index < -0.39 is 0 Å². The molecule has 0 saturated carbocycles. The molecule has 3 heterocycles. The number of nitrogens with one attached hydrogen (secondary N) is 1. The van der Waals surface area contributed by atoms with Crippen molar-refractivity contribution in [3.05, 3.63) is 58.5 Å². The Labute approximate surface area is 167 Å². The predicted octanol–water partition coefficient (Wildman–Crippen LogP) is 3.37. The summed E-state index contributed by atoms with van der Waals surface area (Å²) in [5.41, 5.74) is 4.61. The van der Waals surface area contributed by atoms with Crippen molar-refractivity contribution in [1.82, 2.24) is 19.7 Å². The normalized spacial score (nSPS) is 16.3. The van der Waals surface area contributed by atoms with Crippen molar-refractivity contribution in [3.63, 3.8) is 0 Å². The van der Waals surface area contributed by atoms with E-state index in [4.69, 9.17) is 4.74 Å². The topological polar surface area (TPSA) is 81.9 Å². The van der Waals surface area contributed by atoms with E-state index in [-0.39, 0.29) is 11.2 Å². The molecule has 7 nitrogen and oxygen atoms in total. The van der Waals surface area contributed by atoms with E-state index >= 15 is 0 Å². The van der Waals surface area contributed by atoms with Gasteiger partial charge in [0.05, 0.1) is 23.8 Å². The molecule has 0 fully saturated rings. The number of carbonyl (C=O) groups is 1. The molecule has 144 valence electrons. The van der Waals surface area contributed by atoms with Gasteiger partial charge < -0.3 is 10.1 Å². The summed E-state index contributed by atoms with van der Waals surface area (Å²) >= 11 is 1.58. The van der Waals surface area contributed by atoms with E-state index in [0.29, 0.717) is 17.5 Å². The maximum absolute atomic E-state index is 12.4. The van der Waals surface area contributed by atoms with Crippen LogP contribution in [-0.4, -0.2) is 38.5 Å². The van der Waals surface area contributed by atoms with Crippen molar-refractivity contribution in [2.45, 2.75) is 26.0 Å². The molecule has 0 aliphatic carbocycles. The number of aryl methyl sites for hydroxylation is 3. The number of amides is 1. The third-order valence-electron chi connectivity index (χ3n) is 4.59. The number of hydrogen-bond donors (Lipinski definition) is 1. The fourth-order valence-corrected chi connectivity index (χ4v) is 4.56. The summed E-state index contributed by atoms with van der Waals surface area (Å²) in [5, 5.41) is 7.65. The fraction of sp³-hybridized carbons (Fsp3) is 0.300. The molecule has 0 saturated heterocycles. The standard InChI is InChI=1S/C20H21N5O2S/c1-11-9-12(2)22-20(21-11)25-19-17(13(3)24-25)18(28-10-16(26)23-19)14-5-7-15(27-4)8-6-14/h5-9,18H,10H2,1-4H3,(H,23,26)/t18-/m0/s1. The van der Waals surface area contributed by atoms with Crippen LogP contribution in [0.1, 0.15) is 33.5 Å². The number of nitrogens with zero attached hydrogens (tertiary/aromatic N) is 4. The number of fused-ring (bicyclic) bond motifs is 1. The number of thioether (sulfide) groups is 1. The molecular formula is C20H21N5O2S. The Balaban J connectivity index is 1.87. The van der Waals surface area contributed by atoms with Gasteiger partial charge in [0, 0.05) is 17.0 Å². The number of rotatable bonds is 3. The average molecular weight is 395 g/mol. The SMILES string of the molecule is COc1ccc([C@@H]2SCC(=O)Nc3c2c(C)nn3-c2nc(C)cc(C)n2)cc1. The number of aromatic nitrogens is 4. The van der Waals surface area contributed by atoms with Crippen LogP contribution in [-0.2, 0) is 4.79 Å². The highest BCUT2D eigenvalue weighted by Gasteiger charge is 2.31. The lowest BCUT2D eigenvalue weighted by molar-refractivity contribution is -0.113. The minimum Gasteiger partial charge on any atom is -0.497 e. The largest absolute Gasteiger partial charge is 0.497 e. The molecule has 1 aliphatic heterocycles. The number of anilines is 1. The van der Waals surface area contributed by atoms with Gasteiger partial charge >= 0.3 is 0 Å². The van der Waals surface area contributed by atoms with Gasteiger partial charge in [-0.3, -0.25) is 4.79 Å². The number of methoxy groups -OCH3 is 1. The van der Waals surface area contributed by atoms with E-state index in [2.05, 4.69) is 20.4 Å². The minimum atomic E-state index is -0.0622. The molecule has 2 aromatic heterocycles. The second-order valence-corrected chi connectivity index (χ2v) is 7.82. The van der Waals surface area contributed by atoms with E-state index in [1.807, 2.05) is 51.1 Å². The highest BCUT2D eigenvalue weighted by atomic mass is 32.2. The van der Waals surface area contributed by atoms with Crippen LogP contribution in [0.25, 0.3) is 5.95 Å². The van der Waals surface area contributed by atoms with Gasteiger partial charge in [-0.2, -0.15) is 9.78 Å². The summed E-state index contributed by atoms with van der Waals surface area (Å²) in [7, 11) is 1.65. The lowest BCUT2D eigenvalue weighted by Gasteiger charge is -2.15. The molecule has 1 aliphatic rings. The van der Waals surface area contributed by atoms with Crippen molar-refractivity contribution >= 4 is 23.5 Å². The number of carbonyl (C=O) groups excluding carboxylic acids is 1. The van der Waals surface area contributed by atoms with Gasteiger partial charge in [0.15, 0.2) is 0 Å². The van der Waals surface area contributed by atoms with Crippen LogP contribution >= 0.6 is 11.8 Å². The molecule has 3 aromatic rings. The van der Waals surface area contributed by atoms with Crippen LogP contribution < -0.4 is 10.1 Å². The number of ether oxygens (including phenoxy) is 1. The van der Waals surface area contributed by atoms with Crippen LogP contribution in [0.2, 0.25) is 0 Å². The smallest absolute Gasteiger partial charge is 0.252 e. The first-order valence-corrected chi connectivity index (χ1v) is 9.98. The van der Waals surface area contributed by atoms with E-state index in [0.717, 1.165) is 34.0 Å². The molecule has 0 unspecified atom stereocenters. The molecule has 4 rings (SSSR count). The zero-order valence-electron chi connectivity index (χ0n) is 16.2. The lowest BCUT2D eigenvalue weighted by atomic mass is 10.0.